The van der Waals surface area contributed by atoms with E-state index >= 15 is 0 Å². The zero-order chi connectivity index (χ0) is 14.8. The number of carbonyl (C=O) groups is 1. The highest BCUT2D eigenvalue weighted by molar-refractivity contribution is 6.32. The lowest BCUT2D eigenvalue weighted by atomic mass is 10.1. The van der Waals surface area contributed by atoms with E-state index in [-0.39, 0.29) is 11.9 Å². The first-order valence-electron chi connectivity index (χ1n) is 6.88. The predicted octanol–water partition coefficient (Wildman–Crippen LogP) is 3.25. The summed E-state index contributed by atoms with van der Waals surface area (Å²) in [5.41, 5.74) is 3.18. The summed E-state index contributed by atoms with van der Waals surface area (Å²) in [6.45, 7) is 0. The molecule has 21 heavy (non-hydrogen) atoms. The normalized spacial score (nSPS) is 13.8. The average Bonchev–Trinajstić information content (AvgIpc) is 2.89. The van der Waals surface area contributed by atoms with E-state index in [4.69, 9.17) is 16.3 Å². The Morgan fingerprint density at radius 1 is 1.19 bits per heavy atom. The molecule has 3 nitrogen and oxygen atoms in total. The summed E-state index contributed by atoms with van der Waals surface area (Å²) >= 11 is 6.06. The minimum Gasteiger partial charge on any atom is -0.495 e. The molecule has 2 aromatic rings. The van der Waals surface area contributed by atoms with E-state index in [0.717, 1.165) is 12.8 Å². The summed E-state index contributed by atoms with van der Waals surface area (Å²) < 4.78 is 5.09. The fraction of sp³-hybridized carbons (Fsp3) is 0.235. The molecule has 0 aliphatic heterocycles. The monoisotopic (exact) mass is 301 g/mol. The van der Waals surface area contributed by atoms with Crippen LogP contribution in [0.1, 0.15) is 21.5 Å². The summed E-state index contributed by atoms with van der Waals surface area (Å²) in [5, 5.41) is 3.51. The Morgan fingerprint density at radius 2 is 1.86 bits per heavy atom. The van der Waals surface area contributed by atoms with Crippen LogP contribution in [0.4, 0.5) is 0 Å². The Labute approximate surface area is 128 Å². The molecule has 3 rings (SSSR count). The summed E-state index contributed by atoms with van der Waals surface area (Å²) in [6.07, 6.45) is 1.76. The van der Waals surface area contributed by atoms with Gasteiger partial charge in [0.2, 0.25) is 0 Å². The first kappa shape index (κ1) is 14.0. The number of ether oxygens (including phenoxy) is 1. The number of benzene rings is 2. The molecule has 0 heterocycles. The number of hydrogen-bond acceptors (Lipinski definition) is 2. The first-order chi connectivity index (χ1) is 10.2. The molecule has 1 aliphatic carbocycles. The van der Waals surface area contributed by atoms with Crippen molar-refractivity contribution in [2.75, 3.05) is 7.11 Å². The average molecular weight is 302 g/mol. The van der Waals surface area contributed by atoms with Gasteiger partial charge in [-0.3, -0.25) is 4.79 Å². The van der Waals surface area contributed by atoms with E-state index in [9.17, 15) is 4.79 Å². The third-order valence-corrected chi connectivity index (χ3v) is 4.10. The standard InChI is InChI=1S/C17H16ClNO2/c1-21-16-7-6-13(10-15(16)18)17(20)19-14-8-11-4-2-3-5-12(11)9-14/h2-7,10,14H,8-9H2,1H3,(H,19,20). The third kappa shape index (κ3) is 2.88. The lowest BCUT2D eigenvalue weighted by Crippen LogP contribution is -2.35. The van der Waals surface area contributed by atoms with E-state index in [2.05, 4.69) is 17.4 Å². The lowest BCUT2D eigenvalue weighted by Gasteiger charge is -2.13. The van der Waals surface area contributed by atoms with E-state index < -0.39 is 0 Å². The van der Waals surface area contributed by atoms with Gasteiger partial charge in [0.1, 0.15) is 5.75 Å². The molecular formula is C17H16ClNO2. The van der Waals surface area contributed by atoms with Crippen LogP contribution in [0.2, 0.25) is 5.02 Å². The zero-order valence-electron chi connectivity index (χ0n) is 11.7. The maximum atomic E-state index is 12.3. The predicted molar refractivity (Wildman–Crippen MR) is 83.1 cm³/mol. The fourth-order valence-electron chi connectivity index (χ4n) is 2.74. The SMILES string of the molecule is COc1ccc(C(=O)NC2Cc3ccccc3C2)cc1Cl. The molecule has 0 saturated heterocycles. The molecule has 1 aliphatic rings. The zero-order valence-corrected chi connectivity index (χ0v) is 12.5. The molecular weight excluding hydrogens is 286 g/mol. The highest BCUT2D eigenvalue weighted by atomic mass is 35.5. The van der Waals surface area contributed by atoms with E-state index in [1.807, 2.05) is 12.1 Å². The van der Waals surface area contributed by atoms with Crippen molar-refractivity contribution in [1.82, 2.24) is 5.32 Å². The minimum absolute atomic E-state index is 0.0997. The van der Waals surface area contributed by atoms with Crippen molar-refractivity contribution in [3.8, 4) is 5.75 Å². The second kappa shape index (κ2) is 5.78. The molecule has 0 spiro atoms. The smallest absolute Gasteiger partial charge is 0.251 e. The van der Waals surface area contributed by atoms with Crippen molar-refractivity contribution < 1.29 is 9.53 Å². The van der Waals surface area contributed by atoms with Crippen LogP contribution in [-0.2, 0) is 12.8 Å². The van der Waals surface area contributed by atoms with Crippen LogP contribution < -0.4 is 10.1 Å². The van der Waals surface area contributed by atoms with E-state index in [1.54, 1.807) is 25.3 Å². The van der Waals surface area contributed by atoms with Gasteiger partial charge in [0, 0.05) is 11.6 Å². The molecule has 1 N–H and O–H groups in total. The summed E-state index contributed by atoms with van der Waals surface area (Å²) in [4.78, 5) is 12.3. The van der Waals surface area contributed by atoms with Gasteiger partial charge < -0.3 is 10.1 Å². The summed E-state index contributed by atoms with van der Waals surface area (Å²) in [6, 6.07) is 13.5. The Hall–Kier alpha value is -2.00. The number of rotatable bonds is 3. The maximum Gasteiger partial charge on any atom is 0.251 e. The molecule has 2 aromatic carbocycles. The second-order valence-electron chi connectivity index (χ2n) is 5.20. The van der Waals surface area contributed by atoms with Crippen LogP contribution in [0, 0.1) is 0 Å². The molecule has 0 bridgehead atoms. The molecule has 0 atom stereocenters. The van der Waals surface area contributed by atoms with Crippen LogP contribution in [0.25, 0.3) is 0 Å². The summed E-state index contributed by atoms with van der Waals surface area (Å²) in [5.74, 6) is 0.471. The van der Waals surface area contributed by atoms with Gasteiger partial charge in [0.15, 0.2) is 0 Å². The van der Waals surface area contributed by atoms with E-state index in [0.29, 0.717) is 16.3 Å². The third-order valence-electron chi connectivity index (χ3n) is 3.80. The molecule has 1 amide bonds. The second-order valence-corrected chi connectivity index (χ2v) is 5.60. The van der Waals surface area contributed by atoms with Gasteiger partial charge in [-0.25, -0.2) is 0 Å². The highest BCUT2D eigenvalue weighted by Gasteiger charge is 2.23. The van der Waals surface area contributed by atoms with Crippen molar-refractivity contribution >= 4 is 17.5 Å². The number of nitrogens with one attached hydrogen (secondary N) is 1. The van der Waals surface area contributed by atoms with Crippen molar-refractivity contribution in [2.24, 2.45) is 0 Å². The molecule has 4 heteroatoms. The van der Waals surface area contributed by atoms with Gasteiger partial charge in [-0.15, -0.1) is 0 Å². The lowest BCUT2D eigenvalue weighted by molar-refractivity contribution is 0.0938. The molecule has 0 radical (unpaired) electrons. The topological polar surface area (TPSA) is 38.3 Å². The largest absolute Gasteiger partial charge is 0.495 e. The van der Waals surface area contributed by atoms with Gasteiger partial charge in [0.05, 0.1) is 12.1 Å². The van der Waals surface area contributed by atoms with Gasteiger partial charge in [-0.2, -0.15) is 0 Å². The van der Waals surface area contributed by atoms with Gasteiger partial charge in [-0.1, -0.05) is 35.9 Å². The summed E-state index contributed by atoms with van der Waals surface area (Å²) in [7, 11) is 1.55. The quantitative estimate of drug-likeness (QED) is 0.945. The Bertz CT molecular complexity index is 659. The molecule has 0 fully saturated rings. The Morgan fingerprint density at radius 3 is 2.43 bits per heavy atom. The van der Waals surface area contributed by atoms with E-state index in [1.165, 1.54) is 11.1 Å². The van der Waals surface area contributed by atoms with Gasteiger partial charge in [0.25, 0.3) is 5.91 Å². The number of hydrogen-bond donors (Lipinski definition) is 1. The Kier molecular flexibility index (Phi) is 3.84. The van der Waals surface area contributed by atoms with Gasteiger partial charge >= 0.3 is 0 Å². The van der Waals surface area contributed by atoms with Crippen LogP contribution in [0.15, 0.2) is 42.5 Å². The molecule has 0 aromatic heterocycles. The molecule has 0 unspecified atom stereocenters. The number of halogens is 1. The van der Waals surface area contributed by atoms with Crippen LogP contribution in [-0.4, -0.2) is 19.1 Å². The fourth-order valence-corrected chi connectivity index (χ4v) is 2.99. The first-order valence-corrected chi connectivity index (χ1v) is 7.26. The number of amides is 1. The van der Waals surface area contributed by atoms with Crippen LogP contribution in [0.5, 0.6) is 5.75 Å². The van der Waals surface area contributed by atoms with Crippen LogP contribution >= 0.6 is 11.6 Å². The molecule has 0 saturated carbocycles. The number of carbonyl (C=O) groups excluding carboxylic acids is 1. The Balaban J connectivity index is 1.69. The van der Waals surface area contributed by atoms with Crippen molar-refractivity contribution in [3.63, 3.8) is 0 Å². The van der Waals surface area contributed by atoms with Crippen molar-refractivity contribution in [2.45, 2.75) is 18.9 Å². The minimum atomic E-state index is -0.0997. The van der Waals surface area contributed by atoms with Gasteiger partial charge in [-0.05, 0) is 42.2 Å². The van der Waals surface area contributed by atoms with Crippen molar-refractivity contribution in [3.05, 3.63) is 64.2 Å². The van der Waals surface area contributed by atoms with Crippen molar-refractivity contribution in [1.29, 1.82) is 0 Å². The maximum absolute atomic E-state index is 12.3. The van der Waals surface area contributed by atoms with Crippen LogP contribution in [0.3, 0.4) is 0 Å². The molecule has 108 valence electrons. The highest BCUT2D eigenvalue weighted by Crippen LogP contribution is 2.26. The number of methoxy groups -OCH3 is 1. The number of fused-ring (bicyclic) bond motifs is 1.